The highest BCUT2D eigenvalue weighted by Crippen LogP contribution is 2.38. The van der Waals surface area contributed by atoms with E-state index in [1.165, 1.54) is 5.56 Å². The smallest absolute Gasteiger partial charge is 0.243 e. The molecule has 4 rings (SSSR count). The summed E-state index contributed by atoms with van der Waals surface area (Å²) in [4.78, 5) is 25.4. The predicted octanol–water partition coefficient (Wildman–Crippen LogP) is 4.15. The van der Waals surface area contributed by atoms with Crippen molar-refractivity contribution in [2.75, 3.05) is 13.6 Å². The van der Waals surface area contributed by atoms with E-state index in [4.69, 9.17) is 14.7 Å². The molecule has 218 valence electrons. The van der Waals surface area contributed by atoms with Crippen molar-refractivity contribution in [2.45, 2.75) is 63.9 Å². The van der Waals surface area contributed by atoms with Crippen molar-refractivity contribution in [1.29, 1.82) is 0 Å². The zero-order valence-corrected chi connectivity index (χ0v) is 23.4. The fraction of sp³-hybridized carbons (Fsp3) is 0.375. The molecule has 0 bridgehead atoms. The van der Waals surface area contributed by atoms with E-state index in [-0.39, 0.29) is 37.6 Å². The zero-order valence-electron chi connectivity index (χ0n) is 23.4. The van der Waals surface area contributed by atoms with Gasteiger partial charge in [-0.1, -0.05) is 78.9 Å². The Balaban J connectivity index is 1.39. The maximum Gasteiger partial charge on any atom is 0.243 e. The highest BCUT2D eigenvalue weighted by molar-refractivity contribution is 5.78. The topological polar surface area (TPSA) is 120 Å². The molecule has 3 aromatic carbocycles. The Bertz CT molecular complexity index is 1240. The van der Waals surface area contributed by atoms with Crippen LogP contribution < -0.4 is 10.8 Å². The second-order valence-corrected chi connectivity index (χ2v) is 10.4. The average molecular weight is 562 g/mol. The molecule has 1 fully saturated rings. The molecule has 3 aromatic rings. The summed E-state index contributed by atoms with van der Waals surface area (Å²) < 4.78 is 12.9. The summed E-state index contributed by atoms with van der Waals surface area (Å²) in [6, 6.07) is 26.0. The lowest BCUT2D eigenvalue weighted by atomic mass is 9.99. The Morgan fingerprint density at radius 1 is 0.854 bits per heavy atom. The Hall–Kier alpha value is -3.60. The molecule has 2 amide bonds. The molecule has 3 atom stereocenters. The van der Waals surface area contributed by atoms with E-state index >= 15 is 0 Å². The quantitative estimate of drug-likeness (QED) is 0.183. The van der Waals surface area contributed by atoms with Crippen LogP contribution in [0.25, 0.3) is 0 Å². The number of likely N-dealkylation sites (N-methyl/N-ethyl adjacent to an activating group) is 1. The van der Waals surface area contributed by atoms with Crippen molar-refractivity contribution in [3.63, 3.8) is 0 Å². The summed E-state index contributed by atoms with van der Waals surface area (Å²) in [5, 5.41) is 20.8. The maximum absolute atomic E-state index is 12.1. The van der Waals surface area contributed by atoms with Crippen molar-refractivity contribution < 1.29 is 29.4 Å². The van der Waals surface area contributed by atoms with Crippen LogP contribution in [0.4, 0.5) is 0 Å². The average Bonchev–Trinajstić information content (AvgIpc) is 3.00. The van der Waals surface area contributed by atoms with Gasteiger partial charge in [-0.25, -0.2) is 5.48 Å². The van der Waals surface area contributed by atoms with Crippen LogP contribution in [-0.4, -0.2) is 46.7 Å². The van der Waals surface area contributed by atoms with Crippen molar-refractivity contribution in [2.24, 2.45) is 0 Å². The van der Waals surface area contributed by atoms with E-state index in [0.29, 0.717) is 19.4 Å². The number of carbonyl (C=O) groups is 2. The second kappa shape index (κ2) is 15.4. The van der Waals surface area contributed by atoms with E-state index in [2.05, 4.69) is 29.4 Å². The lowest BCUT2D eigenvalue weighted by molar-refractivity contribution is -0.252. The van der Waals surface area contributed by atoms with Crippen LogP contribution in [0.2, 0.25) is 0 Å². The number of aliphatic hydroxyl groups excluding tert-OH is 1. The number of hydroxylamine groups is 1. The van der Waals surface area contributed by atoms with Gasteiger partial charge >= 0.3 is 0 Å². The van der Waals surface area contributed by atoms with E-state index < -0.39 is 12.2 Å². The van der Waals surface area contributed by atoms with E-state index in [1.54, 1.807) is 5.48 Å². The molecule has 1 aliphatic heterocycles. The number of nitrogens with one attached hydrogen (secondary N) is 2. The van der Waals surface area contributed by atoms with Gasteiger partial charge in [-0.2, -0.15) is 0 Å². The first-order valence-electron chi connectivity index (χ1n) is 13.9. The molecule has 0 saturated carbocycles. The third-order valence-corrected chi connectivity index (χ3v) is 7.10. The van der Waals surface area contributed by atoms with Gasteiger partial charge in [0.1, 0.15) is 0 Å². The van der Waals surface area contributed by atoms with Crippen molar-refractivity contribution >= 4 is 11.8 Å². The minimum Gasteiger partial charge on any atom is -0.392 e. The first kappa shape index (κ1) is 30.4. The number of hydrogen-bond donors (Lipinski definition) is 4. The van der Waals surface area contributed by atoms with Gasteiger partial charge in [-0.05, 0) is 35.7 Å². The Morgan fingerprint density at radius 3 is 2.20 bits per heavy atom. The number of amides is 2. The van der Waals surface area contributed by atoms with Crippen molar-refractivity contribution in [1.82, 2.24) is 15.7 Å². The standard InChI is InChI=1S/C32H39N3O6/c1-35(20-24-6-3-2-4-7-24)21-28-18-29(26-14-12-25(22-36)13-15-26)41-32(40-28)27-16-10-23(11-17-27)19-33-30(37)8-5-9-31(38)34-39/h2-4,6-7,10-17,28-29,32,36,39H,5,8-9,18-22H2,1H3,(H,33,37)(H,34,38)/t28-,29+,32+/m0/s1. The summed E-state index contributed by atoms with van der Waals surface area (Å²) in [6.45, 7) is 1.92. The Morgan fingerprint density at radius 2 is 1.51 bits per heavy atom. The number of hydrogen-bond acceptors (Lipinski definition) is 7. The van der Waals surface area contributed by atoms with Gasteiger partial charge < -0.3 is 19.9 Å². The van der Waals surface area contributed by atoms with Gasteiger partial charge in [-0.3, -0.25) is 19.7 Å². The molecule has 1 heterocycles. The largest absolute Gasteiger partial charge is 0.392 e. The molecule has 9 nitrogen and oxygen atoms in total. The van der Waals surface area contributed by atoms with Crippen LogP contribution in [-0.2, 0) is 38.8 Å². The molecule has 0 spiro atoms. The first-order chi connectivity index (χ1) is 19.9. The number of benzene rings is 3. The van der Waals surface area contributed by atoms with Gasteiger partial charge in [0, 0.05) is 44.5 Å². The molecule has 0 aliphatic carbocycles. The summed E-state index contributed by atoms with van der Waals surface area (Å²) in [5.41, 5.74) is 6.53. The molecular formula is C32H39N3O6. The molecule has 1 aliphatic rings. The summed E-state index contributed by atoms with van der Waals surface area (Å²) in [7, 11) is 2.09. The van der Waals surface area contributed by atoms with Crippen molar-refractivity contribution in [3.8, 4) is 0 Å². The molecule has 0 radical (unpaired) electrons. The number of aliphatic hydroxyl groups is 1. The van der Waals surface area contributed by atoms with Gasteiger partial charge in [0.15, 0.2) is 6.29 Å². The molecule has 41 heavy (non-hydrogen) atoms. The number of carbonyl (C=O) groups excluding carboxylic acids is 2. The minimum atomic E-state index is -0.553. The number of nitrogens with zero attached hydrogens (tertiary/aromatic N) is 1. The fourth-order valence-corrected chi connectivity index (χ4v) is 4.89. The second-order valence-electron chi connectivity index (χ2n) is 10.4. The van der Waals surface area contributed by atoms with Crippen LogP contribution in [0.5, 0.6) is 0 Å². The maximum atomic E-state index is 12.1. The molecular weight excluding hydrogens is 522 g/mol. The molecule has 4 N–H and O–H groups in total. The van der Waals surface area contributed by atoms with E-state index in [9.17, 15) is 14.7 Å². The van der Waals surface area contributed by atoms with Gasteiger partial charge in [-0.15, -0.1) is 0 Å². The van der Waals surface area contributed by atoms with Crippen molar-refractivity contribution in [3.05, 3.63) is 107 Å². The summed E-state index contributed by atoms with van der Waals surface area (Å²) in [6.07, 6.45) is 0.589. The van der Waals surface area contributed by atoms with Gasteiger partial charge in [0.05, 0.1) is 18.8 Å². The monoisotopic (exact) mass is 561 g/mol. The lowest BCUT2D eigenvalue weighted by Crippen LogP contribution is -2.37. The number of ether oxygens (including phenoxy) is 2. The molecule has 9 heteroatoms. The van der Waals surface area contributed by atoms with E-state index in [0.717, 1.165) is 35.3 Å². The zero-order chi connectivity index (χ0) is 29.0. The predicted molar refractivity (Wildman–Crippen MR) is 153 cm³/mol. The SMILES string of the molecule is CN(Cc1ccccc1)C[C@@H]1C[C@H](c2ccc(CO)cc2)O[C@H](c2ccc(CNC(=O)CCCC(=O)NO)cc2)O1. The summed E-state index contributed by atoms with van der Waals surface area (Å²) >= 11 is 0. The van der Waals surface area contributed by atoms with Crippen LogP contribution in [0, 0.1) is 0 Å². The van der Waals surface area contributed by atoms with Crippen LogP contribution in [0.15, 0.2) is 78.9 Å². The Kier molecular flexibility index (Phi) is 11.4. The molecule has 0 unspecified atom stereocenters. The van der Waals surface area contributed by atoms with Crippen LogP contribution in [0.1, 0.15) is 65.9 Å². The van der Waals surface area contributed by atoms with Crippen LogP contribution >= 0.6 is 0 Å². The van der Waals surface area contributed by atoms with Gasteiger partial charge in [0.2, 0.25) is 11.8 Å². The normalized spacial score (nSPS) is 18.7. The molecule has 1 saturated heterocycles. The third-order valence-electron chi connectivity index (χ3n) is 7.10. The highest BCUT2D eigenvalue weighted by Gasteiger charge is 2.32. The fourth-order valence-electron chi connectivity index (χ4n) is 4.89. The van der Waals surface area contributed by atoms with E-state index in [1.807, 2.05) is 66.7 Å². The number of rotatable bonds is 13. The highest BCUT2D eigenvalue weighted by atomic mass is 16.7. The summed E-state index contributed by atoms with van der Waals surface area (Å²) in [5.74, 6) is -0.661. The minimum absolute atomic E-state index is 0.00187. The first-order valence-corrected chi connectivity index (χ1v) is 13.9. The lowest BCUT2D eigenvalue weighted by Gasteiger charge is -2.38. The van der Waals surface area contributed by atoms with Crippen LogP contribution in [0.3, 0.4) is 0 Å². The molecule has 0 aromatic heterocycles. The Labute approximate surface area is 241 Å². The third kappa shape index (κ3) is 9.48. The van der Waals surface area contributed by atoms with Gasteiger partial charge in [0.25, 0.3) is 0 Å².